The van der Waals surface area contributed by atoms with Crippen LogP contribution in [0.5, 0.6) is 5.75 Å². The van der Waals surface area contributed by atoms with Gasteiger partial charge in [-0.15, -0.1) is 12.4 Å². The highest BCUT2D eigenvalue weighted by Gasteiger charge is 2.21. The minimum Gasteiger partial charge on any atom is -0.497 e. The van der Waals surface area contributed by atoms with E-state index in [9.17, 15) is 8.42 Å². The smallest absolute Gasteiger partial charge is 0.269 e. The zero-order valence-electron chi connectivity index (χ0n) is 20.4. The van der Waals surface area contributed by atoms with E-state index in [0.29, 0.717) is 12.1 Å². The average molecular weight is 535 g/mol. The predicted molar refractivity (Wildman–Crippen MR) is 150 cm³/mol. The molecule has 3 aromatic carbocycles. The summed E-state index contributed by atoms with van der Waals surface area (Å²) in [5, 5.41) is 7.38. The Kier molecular flexibility index (Phi) is 7.83. The largest absolute Gasteiger partial charge is 0.497 e. The Labute approximate surface area is 222 Å². The maximum absolute atomic E-state index is 13.4. The quantitative estimate of drug-likeness (QED) is 0.260. The number of aromatic nitrogens is 2. The number of hydrogen-bond acceptors (Lipinski definition) is 6. The number of nitrogens with zero attached hydrogens (tertiary/aromatic N) is 2. The SMILES string of the molecule is CNCc1cn(S(=O)(=O)c2cccnc2)c2cc(Nc3ccc(-c4cccc(OC)c4)cc3)ccc12.Cl. The molecule has 2 heterocycles. The van der Waals surface area contributed by atoms with Crippen molar-refractivity contribution in [2.45, 2.75) is 11.4 Å². The Morgan fingerprint density at radius 2 is 1.70 bits per heavy atom. The lowest BCUT2D eigenvalue weighted by Gasteiger charge is -2.11. The molecule has 0 spiro atoms. The topological polar surface area (TPSA) is 85.2 Å². The Morgan fingerprint density at radius 3 is 2.41 bits per heavy atom. The van der Waals surface area contributed by atoms with E-state index in [1.807, 2.05) is 73.8 Å². The van der Waals surface area contributed by atoms with E-state index in [1.54, 1.807) is 31.6 Å². The first-order chi connectivity index (χ1) is 17.5. The summed E-state index contributed by atoms with van der Waals surface area (Å²) in [7, 11) is -0.313. The normalized spacial score (nSPS) is 11.2. The van der Waals surface area contributed by atoms with Gasteiger partial charge in [0.25, 0.3) is 10.0 Å². The summed E-state index contributed by atoms with van der Waals surface area (Å²) < 4.78 is 33.5. The van der Waals surface area contributed by atoms with Gasteiger partial charge in [0.05, 0.1) is 12.6 Å². The molecule has 0 unspecified atom stereocenters. The van der Waals surface area contributed by atoms with Crippen LogP contribution >= 0.6 is 12.4 Å². The van der Waals surface area contributed by atoms with Gasteiger partial charge in [-0.1, -0.05) is 30.3 Å². The van der Waals surface area contributed by atoms with Crippen LogP contribution < -0.4 is 15.4 Å². The molecule has 0 aliphatic carbocycles. The van der Waals surface area contributed by atoms with Crippen molar-refractivity contribution in [3.63, 3.8) is 0 Å². The van der Waals surface area contributed by atoms with E-state index in [2.05, 4.69) is 15.6 Å². The number of nitrogens with one attached hydrogen (secondary N) is 2. The Bertz CT molecular complexity index is 1620. The fraction of sp³-hybridized carbons (Fsp3) is 0.107. The molecule has 5 rings (SSSR count). The molecule has 0 aliphatic rings. The van der Waals surface area contributed by atoms with Gasteiger partial charge in [0.2, 0.25) is 0 Å². The molecule has 0 saturated heterocycles. The number of hydrogen-bond donors (Lipinski definition) is 2. The van der Waals surface area contributed by atoms with Crippen molar-refractivity contribution >= 4 is 44.7 Å². The molecule has 37 heavy (non-hydrogen) atoms. The molecule has 2 N–H and O–H groups in total. The molecule has 0 fully saturated rings. The van der Waals surface area contributed by atoms with Crippen molar-refractivity contribution in [1.82, 2.24) is 14.3 Å². The highest BCUT2D eigenvalue weighted by molar-refractivity contribution is 7.90. The first kappa shape index (κ1) is 26.2. The average Bonchev–Trinajstić information content (AvgIpc) is 3.28. The molecular formula is C28H27ClN4O3S. The maximum atomic E-state index is 13.4. The minimum atomic E-state index is -3.81. The number of rotatable bonds is 8. The standard InChI is InChI=1S/C28H26N4O3S.ClH/c1-29-17-22-19-32(36(33,34)26-7-4-14-30-18-26)28-16-24(12-13-27(22)28)31-23-10-8-20(9-11-23)21-5-3-6-25(15-21)35-2;/h3-16,18-19,29,31H,17H2,1-2H3;1H. The summed E-state index contributed by atoms with van der Waals surface area (Å²) in [4.78, 5) is 4.13. The highest BCUT2D eigenvalue weighted by Crippen LogP contribution is 2.31. The highest BCUT2D eigenvalue weighted by atomic mass is 35.5. The van der Waals surface area contributed by atoms with Gasteiger partial charge < -0.3 is 15.4 Å². The summed E-state index contributed by atoms with van der Waals surface area (Å²) in [6, 6.07) is 24.9. The van der Waals surface area contributed by atoms with Crippen molar-refractivity contribution in [3.8, 4) is 16.9 Å². The number of benzene rings is 3. The summed E-state index contributed by atoms with van der Waals surface area (Å²) in [6.45, 7) is 0.546. The van der Waals surface area contributed by atoms with Crippen LogP contribution in [0.4, 0.5) is 11.4 Å². The lowest BCUT2D eigenvalue weighted by Crippen LogP contribution is -2.12. The van der Waals surface area contributed by atoms with Gasteiger partial charge in [-0.05, 0) is 72.3 Å². The second kappa shape index (κ2) is 11.0. The van der Waals surface area contributed by atoms with Crippen molar-refractivity contribution in [2.24, 2.45) is 0 Å². The molecule has 0 bridgehead atoms. The molecule has 0 radical (unpaired) electrons. The van der Waals surface area contributed by atoms with Crippen LogP contribution in [-0.2, 0) is 16.6 Å². The Balaban J connectivity index is 0.00000320. The summed E-state index contributed by atoms with van der Waals surface area (Å²) in [5.41, 5.74) is 5.31. The van der Waals surface area contributed by atoms with Gasteiger partial charge in [-0.25, -0.2) is 12.4 Å². The zero-order chi connectivity index (χ0) is 25.1. The van der Waals surface area contributed by atoms with E-state index in [1.165, 1.54) is 10.2 Å². The van der Waals surface area contributed by atoms with Gasteiger partial charge in [0.1, 0.15) is 10.6 Å². The van der Waals surface area contributed by atoms with Gasteiger partial charge in [-0.3, -0.25) is 4.98 Å². The fourth-order valence-electron chi connectivity index (χ4n) is 4.20. The van der Waals surface area contributed by atoms with Crippen LogP contribution in [0.1, 0.15) is 5.56 Å². The number of anilines is 2. The van der Waals surface area contributed by atoms with E-state index in [-0.39, 0.29) is 17.3 Å². The Hall–Kier alpha value is -3.85. The molecular weight excluding hydrogens is 508 g/mol. The molecule has 0 saturated carbocycles. The van der Waals surface area contributed by atoms with Gasteiger partial charge in [0, 0.05) is 41.9 Å². The van der Waals surface area contributed by atoms with Crippen LogP contribution in [0.3, 0.4) is 0 Å². The van der Waals surface area contributed by atoms with E-state index < -0.39 is 10.0 Å². The molecule has 0 aliphatic heterocycles. The third-order valence-corrected chi connectivity index (χ3v) is 7.65. The molecule has 7 nitrogen and oxygen atoms in total. The molecule has 9 heteroatoms. The number of fused-ring (bicyclic) bond motifs is 1. The molecule has 2 aromatic heterocycles. The third-order valence-electron chi connectivity index (χ3n) is 5.99. The van der Waals surface area contributed by atoms with Crippen molar-refractivity contribution in [3.05, 3.63) is 103 Å². The first-order valence-electron chi connectivity index (χ1n) is 11.5. The van der Waals surface area contributed by atoms with Crippen molar-refractivity contribution in [2.75, 3.05) is 19.5 Å². The van der Waals surface area contributed by atoms with Gasteiger partial charge in [-0.2, -0.15) is 0 Å². The van der Waals surface area contributed by atoms with Crippen LogP contribution in [0.25, 0.3) is 22.0 Å². The van der Waals surface area contributed by atoms with Gasteiger partial charge in [0.15, 0.2) is 0 Å². The number of halogens is 1. The first-order valence-corrected chi connectivity index (χ1v) is 12.9. The number of pyridine rings is 1. The van der Waals surface area contributed by atoms with Gasteiger partial charge >= 0.3 is 0 Å². The lowest BCUT2D eigenvalue weighted by molar-refractivity contribution is 0.415. The summed E-state index contributed by atoms with van der Waals surface area (Å²) in [6.07, 6.45) is 4.60. The Morgan fingerprint density at radius 1 is 0.919 bits per heavy atom. The van der Waals surface area contributed by atoms with Crippen LogP contribution in [0.15, 0.2) is 102 Å². The second-order valence-corrected chi connectivity index (χ2v) is 10.2. The van der Waals surface area contributed by atoms with E-state index in [4.69, 9.17) is 4.74 Å². The monoisotopic (exact) mass is 534 g/mol. The number of ether oxygens (including phenoxy) is 1. The minimum absolute atomic E-state index is 0. The molecule has 0 atom stereocenters. The fourth-order valence-corrected chi connectivity index (χ4v) is 5.55. The number of methoxy groups -OCH3 is 1. The van der Waals surface area contributed by atoms with E-state index in [0.717, 1.165) is 39.2 Å². The summed E-state index contributed by atoms with van der Waals surface area (Å²) >= 11 is 0. The maximum Gasteiger partial charge on any atom is 0.269 e. The zero-order valence-corrected chi connectivity index (χ0v) is 22.0. The van der Waals surface area contributed by atoms with Crippen LogP contribution in [0, 0.1) is 0 Å². The molecule has 5 aromatic rings. The van der Waals surface area contributed by atoms with Crippen LogP contribution in [-0.4, -0.2) is 31.5 Å². The molecule has 0 amide bonds. The molecule has 190 valence electrons. The van der Waals surface area contributed by atoms with E-state index >= 15 is 0 Å². The van der Waals surface area contributed by atoms with Crippen molar-refractivity contribution < 1.29 is 13.2 Å². The third kappa shape index (κ3) is 5.32. The summed E-state index contributed by atoms with van der Waals surface area (Å²) in [5.74, 6) is 0.810. The predicted octanol–water partition coefficient (Wildman–Crippen LogP) is 5.83. The van der Waals surface area contributed by atoms with Crippen LogP contribution in [0.2, 0.25) is 0 Å². The lowest BCUT2D eigenvalue weighted by atomic mass is 10.1. The van der Waals surface area contributed by atoms with Crippen molar-refractivity contribution in [1.29, 1.82) is 0 Å². The second-order valence-electron chi connectivity index (χ2n) is 8.34.